The lowest BCUT2D eigenvalue weighted by Crippen LogP contribution is -2.28. The minimum atomic E-state index is -0.641. The van der Waals surface area contributed by atoms with Gasteiger partial charge >= 0.3 is 5.97 Å². The second-order valence-electron chi connectivity index (χ2n) is 6.58. The summed E-state index contributed by atoms with van der Waals surface area (Å²) in [6.07, 6.45) is 0.0222. The van der Waals surface area contributed by atoms with Crippen LogP contribution < -0.4 is 10.2 Å². The number of carbonyl (C=O) groups excluding carboxylic acids is 3. The lowest BCUT2D eigenvalue weighted by molar-refractivity contribution is -0.151. The van der Waals surface area contributed by atoms with Gasteiger partial charge in [0.1, 0.15) is 0 Å². The van der Waals surface area contributed by atoms with Crippen LogP contribution in [0.5, 0.6) is 0 Å². The topological polar surface area (TPSA) is 75.7 Å². The Kier molecular flexibility index (Phi) is 6.82. The van der Waals surface area contributed by atoms with Gasteiger partial charge in [-0.3, -0.25) is 14.4 Å². The van der Waals surface area contributed by atoms with E-state index in [4.69, 9.17) is 27.9 Å². The quantitative estimate of drug-likeness (QED) is 0.610. The number of ether oxygens (including phenoxy) is 1. The third kappa shape index (κ3) is 5.10. The van der Waals surface area contributed by atoms with Crippen molar-refractivity contribution >= 4 is 68.3 Å². The molecule has 1 aliphatic rings. The van der Waals surface area contributed by atoms with E-state index in [2.05, 4.69) is 21.2 Å². The summed E-state index contributed by atoms with van der Waals surface area (Å²) in [5.74, 6) is -1.92. The van der Waals surface area contributed by atoms with Crippen LogP contribution in [0.2, 0.25) is 10.0 Å². The molecule has 6 nitrogen and oxygen atoms in total. The van der Waals surface area contributed by atoms with E-state index in [9.17, 15) is 14.4 Å². The molecule has 1 heterocycles. The predicted octanol–water partition coefficient (Wildman–Crippen LogP) is 4.60. The lowest BCUT2D eigenvalue weighted by atomic mass is 10.1. The maximum absolute atomic E-state index is 12.3. The van der Waals surface area contributed by atoms with E-state index in [1.54, 1.807) is 43.3 Å². The predicted molar refractivity (Wildman–Crippen MR) is 115 cm³/mol. The fourth-order valence-corrected chi connectivity index (χ4v) is 3.77. The fourth-order valence-electron chi connectivity index (χ4n) is 2.99. The molecule has 3 rings (SSSR count). The molecule has 1 saturated heterocycles. The highest BCUT2D eigenvalue weighted by Crippen LogP contribution is 2.31. The summed E-state index contributed by atoms with van der Waals surface area (Å²) in [5.41, 5.74) is 1.85. The monoisotopic (exact) mass is 498 g/mol. The molecule has 152 valence electrons. The molecule has 1 aliphatic heterocycles. The highest BCUT2D eigenvalue weighted by molar-refractivity contribution is 9.10. The molecule has 0 aromatic heterocycles. The number of nitrogens with zero attached hydrogens (tertiary/aromatic N) is 1. The summed E-state index contributed by atoms with van der Waals surface area (Å²) in [4.78, 5) is 38.2. The minimum absolute atomic E-state index is 0.0222. The Morgan fingerprint density at radius 1 is 1.28 bits per heavy atom. The molecule has 0 aliphatic carbocycles. The molecule has 1 atom stereocenters. The van der Waals surface area contributed by atoms with Crippen LogP contribution in [-0.2, 0) is 19.1 Å². The van der Waals surface area contributed by atoms with Crippen LogP contribution in [0, 0.1) is 12.8 Å². The van der Waals surface area contributed by atoms with Gasteiger partial charge in [0, 0.05) is 33.8 Å². The van der Waals surface area contributed by atoms with Crippen molar-refractivity contribution in [1.29, 1.82) is 0 Å². The molecule has 1 N–H and O–H groups in total. The molecule has 9 heteroatoms. The highest BCUT2D eigenvalue weighted by Gasteiger charge is 2.36. The Bertz CT molecular complexity index is 983. The number of nitrogens with one attached hydrogen (secondary N) is 1. The van der Waals surface area contributed by atoms with Gasteiger partial charge in [0.25, 0.3) is 5.91 Å². The van der Waals surface area contributed by atoms with Crippen LogP contribution in [0.1, 0.15) is 12.0 Å². The van der Waals surface area contributed by atoms with Gasteiger partial charge in [0.2, 0.25) is 5.91 Å². The highest BCUT2D eigenvalue weighted by atomic mass is 79.9. The van der Waals surface area contributed by atoms with Crippen LogP contribution in [0.3, 0.4) is 0 Å². The molecule has 0 spiro atoms. The Morgan fingerprint density at radius 3 is 2.76 bits per heavy atom. The van der Waals surface area contributed by atoms with Crippen molar-refractivity contribution in [3.63, 3.8) is 0 Å². The average Bonchev–Trinajstić information content (AvgIpc) is 3.08. The van der Waals surface area contributed by atoms with Gasteiger partial charge in [-0.1, -0.05) is 29.3 Å². The molecular weight excluding hydrogens is 483 g/mol. The number of hydrogen-bond acceptors (Lipinski definition) is 4. The van der Waals surface area contributed by atoms with Gasteiger partial charge in [0.05, 0.1) is 10.9 Å². The van der Waals surface area contributed by atoms with E-state index >= 15 is 0 Å². The van der Waals surface area contributed by atoms with Gasteiger partial charge in [-0.25, -0.2) is 0 Å². The van der Waals surface area contributed by atoms with Gasteiger partial charge in [0.15, 0.2) is 6.61 Å². The lowest BCUT2D eigenvalue weighted by Gasteiger charge is -2.16. The molecular formula is C20H17BrCl2N2O4. The fraction of sp³-hybridized carbons (Fsp3) is 0.250. The first-order valence-corrected chi connectivity index (χ1v) is 10.3. The van der Waals surface area contributed by atoms with Crippen molar-refractivity contribution in [2.24, 2.45) is 5.92 Å². The van der Waals surface area contributed by atoms with E-state index in [1.165, 1.54) is 4.90 Å². The minimum Gasteiger partial charge on any atom is -0.455 e. The number of amides is 2. The Hall–Kier alpha value is -2.09. The zero-order chi connectivity index (χ0) is 21.1. The molecule has 1 fully saturated rings. The summed E-state index contributed by atoms with van der Waals surface area (Å²) in [6.45, 7) is 1.50. The number of halogens is 3. The van der Waals surface area contributed by atoms with Crippen molar-refractivity contribution in [3.05, 3.63) is 56.5 Å². The second-order valence-corrected chi connectivity index (χ2v) is 8.24. The van der Waals surface area contributed by atoms with E-state index < -0.39 is 24.4 Å². The smallest absolute Gasteiger partial charge is 0.311 e. The van der Waals surface area contributed by atoms with Crippen molar-refractivity contribution in [2.45, 2.75) is 13.3 Å². The zero-order valence-corrected chi connectivity index (χ0v) is 18.5. The first kappa shape index (κ1) is 21.6. The number of anilines is 2. The van der Waals surface area contributed by atoms with Crippen LogP contribution in [0.4, 0.5) is 11.4 Å². The number of rotatable bonds is 5. The second kappa shape index (κ2) is 9.15. The van der Waals surface area contributed by atoms with Crippen molar-refractivity contribution < 1.29 is 19.1 Å². The van der Waals surface area contributed by atoms with E-state index in [-0.39, 0.29) is 18.9 Å². The molecule has 2 aromatic carbocycles. The van der Waals surface area contributed by atoms with Crippen molar-refractivity contribution in [2.75, 3.05) is 23.4 Å². The van der Waals surface area contributed by atoms with Crippen LogP contribution >= 0.6 is 39.1 Å². The maximum atomic E-state index is 12.3. The molecule has 29 heavy (non-hydrogen) atoms. The molecule has 0 bridgehead atoms. The van der Waals surface area contributed by atoms with Gasteiger partial charge in [-0.05, 0) is 58.7 Å². The molecule has 0 unspecified atom stereocenters. The summed E-state index contributed by atoms with van der Waals surface area (Å²) in [6, 6.07) is 10.3. The van der Waals surface area contributed by atoms with E-state index in [1.807, 2.05) is 0 Å². The standard InChI is InChI=1S/C20H17BrCl2N2O4/c1-11-16(6-5-15(21)19(11)23)24-17(26)10-29-20(28)12-7-18(27)25(9-12)14-4-2-3-13(22)8-14/h2-6,8,12H,7,9-10H2,1H3,(H,24,26)/t12-/m1/s1. The summed E-state index contributed by atoms with van der Waals surface area (Å²) in [5, 5.41) is 3.65. The molecule has 2 aromatic rings. The Labute approximate surface area is 186 Å². The average molecular weight is 500 g/mol. The first-order chi connectivity index (χ1) is 13.8. The number of hydrogen-bond donors (Lipinski definition) is 1. The third-order valence-corrected chi connectivity index (χ3v) is 6.15. The van der Waals surface area contributed by atoms with E-state index in [0.717, 1.165) is 4.47 Å². The number of esters is 1. The summed E-state index contributed by atoms with van der Waals surface area (Å²) < 4.78 is 5.83. The first-order valence-electron chi connectivity index (χ1n) is 8.73. The largest absolute Gasteiger partial charge is 0.455 e. The van der Waals surface area contributed by atoms with Gasteiger partial charge in [-0.15, -0.1) is 0 Å². The Morgan fingerprint density at radius 2 is 2.03 bits per heavy atom. The Balaban J connectivity index is 1.55. The summed E-state index contributed by atoms with van der Waals surface area (Å²) >= 11 is 15.4. The third-order valence-electron chi connectivity index (χ3n) is 4.54. The molecule has 0 saturated carbocycles. The molecule has 2 amide bonds. The van der Waals surface area contributed by atoms with Gasteiger partial charge in [-0.2, -0.15) is 0 Å². The number of benzene rings is 2. The van der Waals surface area contributed by atoms with Crippen LogP contribution in [0.15, 0.2) is 40.9 Å². The SMILES string of the molecule is Cc1c(NC(=O)COC(=O)[C@@H]2CC(=O)N(c3cccc(Cl)c3)C2)ccc(Br)c1Cl. The van der Waals surface area contributed by atoms with Gasteiger partial charge < -0.3 is 15.0 Å². The van der Waals surface area contributed by atoms with Crippen LogP contribution in [0.25, 0.3) is 0 Å². The van der Waals surface area contributed by atoms with Crippen LogP contribution in [-0.4, -0.2) is 30.9 Å². The zero-order valence-electron chi connectivity index (χ0n) is 15.4. The summed E-state index contributed by atoms with van der Waals surface area (Å²) in [7, 11) is 0. The van der Waals surface area contributed by atoms with E-state index in [0.29, 0.717) is 27.0 Å². The van der Waals surface area contributed by atoms with Crippen molar-refractivity contribution in [3.8, 4) is 0 Å². The number of carbonyl (C=O) groups is 3. The maximum Gasteiger partial charge on any atom is 0.311 e. The normalized spacial score (nSPS) is 16.1. The van der Waals surface area contributed by atoms with Crippen molar-refractivity contribution in [1.82, 2.24) is 0 Å². The molecule has 0 radical (unpaired) electrons.